The van der Waals surface area contributed by atoms with Gasteiger partial charge >= 0.3 is 5.97 Å². The van der Waals surface area contributed by atoms with E-state index in [2.05, 4.69) is 17.9 Å². The first-order valence-corrected chi connectivity index (χ1v) is 5.31. The van der Waals surface area contributed by atoms with Gasteiger partial charge < -0.3 is 10.4 Å². The molecule has 0 aliphatic heterocycles. The smallest absolute Gasteiger partial charge is 0.321 e. The average Bonchev–Trinajstić information content (AvgIpc) is 1.97. The highest BCUT2D eigenvalue weighted by molar-refractivity contribution is 7.98. The number of carboxylic acids is 1. The van der Waals surface area contributed by atoms with Crippen molar-refractivity contribution in [2.75, 3.05) is 24.3 Å². The van der Waals surface area contributed by atoms with Crippen LogP contribution in [0.2, 0.25) is 0 Å². The summed E-state index contributed by atoms with van der Waals surface area (Å²) in [5.41, 5.74) is 0. The summed E-state index contributed by atoms with van der Waals surface area (Å²) in [6.45, 7) is 0.721. The van der Waals surface area contributed by atoms with Gasteiger partial charge in [0.1, 0.15) is 6.04 Å². The first-order valence-electron chi connectivity index (χ1n) is 3.28. The van der Waals surface area contributed by atoms with Gasteiger partial charge in [-0.3, -0.25) is 4.79 Å². The molecular weight excluding hydrogens is 182 g/mol. The van der Waals surface area contributed by atoms with E-state index in [0.29, 0.717) is 5.75 Å². The number of nitrogens with one attached hydrogen (secondary N) is 1. The van der Waals surface area contributed by atoms with Gasteiger partial charge in [-0.15, -0.1) is 0 Å². The Morgan fingerprint density at radius 2 is 2.45 bits per heavy atom. The molecule has 66 valence electrons. The molecule has 1 unspecified atom stereocenters. The zero-order valence-corrected chi connectivity index (χ0v) is 8.12. The summed E-state index contributed by atoms with van der Waals surface area (Å²) in [7, 11) is 0. The van der Waals surface area contributed by atoms with E-state index in [1.807, 2.05) is 6.26 Å². The standard InChI is InChI=1S/C6H13NO2S2/c1-11-3-2-7-5(4-10)6(8)9/h5,7,10H,2-4H2,1H3,(H,8,9). The Kier molecular flexibility index (Phi) is 6.90. The fourth-order valence-corrected chi connectivity index (χ4v) is 1.17. The third-order valence-electron chi connectivity index (χ3n) is 1.18. The predicted molar refractivity (Wildman–Crippen MR) is 51.7 cm³/mol. The van der Waals surface area contributed by atoms with Crippen LogP contribution in [0, 0.1) is 0 Å². The summed E-state index contributed by atoms with van der Waals surface area (Å²) in [6.07, 6.45) is 1.98. The lowest BCUT2D eigenvalue weighted by Gasteiger charge is -2.10. The van der Waals surface area contributed by atoms with E-state index in [9.17, 15) is 4.79 Å². The molecule has 0 aromatic carbocycles. The van der Waals surface area contributed by atoms with E-state index in [4.69, 9.17) is 5.11 Å². The largest absolute Gasteiger partial charge is 0.480 e. The summed E-state index contributed by atoms with van der Waals surface area (Å²) in [4.78, 5) is 10.4. The molecule has 5 heteroatoms. The van der Waals surface area contributed by atoms with Crippen LogP contribution in [0.1, 0.15) is 0 Å². The number of thioether (sulfide) groups is 1. The van der Waals surface area contributed by atoms with Gasteiger partial charge in [0.15, 0.2) is 0 Å². The first kappa shape index (κ1) is 11.1. The number of rotatable bonds is 6. The lowest BCUT2D eigenvalue weighted by atomic mass is 10.3. The molecule has 0 aliphatic rings. The Hall–Kier alpha value is 0.130. The number of carboxylic acid groups (broad SMARTS) is 1. The van der Waals surface area contributed by atoms with Gasteiger partial charge in [0.05, 0.1) is 0 Å². The molecule has 0 saturated heterocycles. The van der Waals surface area contributed by atoms with Gasteiger partial charge in [0.25, 0.3) is 0 Å². The van der Waals surface area contributed by atoms with Crippen LogP contribution < -0.4 is 5.32 Å². The number of carbonyl (C=O) groups is 1. The molecule has 0 aliphatic carbocycles. The molecule has 0 aromatic rings. The van der Waals surface area contributed by atoms with Crippen molar-refractivity contribution in [1.29, 1.82) is 0 Å². The lowest BCUT2D eigenvalue weighted by molar-refractivity contribution is -0.138. The van der Waals surface area contributed by atoms with Crippen molar-refractivity contribution < 1.29 is 9.90 Å². The topological polar surface area (TPSA) is 49.3 Å². The summed E-state index contributed by atoms with van der Waals surface area (Å²) >= 11 is 5.59. The van der Waals surface area contributed by atoms with E-state index >= 15 is 0 Å². The van der Waals surface area contributed by atoms with Crippen molar-refractivity contribution in [3.63, 3.8) is 0 Å². The van der Waals surface area contributed by atoms with Crippen molar-refractivity contribution in [2.45, 2.75) is 6.04 Å². The molecule has 2 N–H and O–H groups in total. The maximum atomic E-state index is 10.4. The number of thiol groups is 1. The highest BCUT2D eigenvalue weighted by atomic mass is 32.2. The van der Waals surface area contributed by atoms with E-state index in [1.54, 1.807) is 11.8 Å². The van der Waals surface area contributed by atoms with Gasteiger partial charge in [0, 0.05) is 18.1 Å². The van der Waals surface area contributed by atoms with E-state index in [1.165, 1.54) is 0 Å². The third-order valence-corrected chi connectivity index (χ3v) is 2.16. The van der Waals surface area contributed by atoms with Crippen molar-refractivity contribution in [3.8, 4) is 0 Å². The Bertz CT molecular complexity index is 121. The second-order valence-corrected chi connectivity index (χ2v) is 3.37. The van der Waals surface area contributed by atoms with Crippen LogP contribution in [0.4, 0.5) is 0 Å². The molecular formula is C6H13NO2S2. The van der Waals surface area contributed by atoms with Crippen LogP contribution in [0.5, 0.6) is 0 Å². The molecule has 0 spiro atoms. The molecule has 0 radical (unpaired) electrons. The van der Waals surface area contributed by atoms with E-state index < -0.39 is 12.0 Å². The summed E-state index contributed by atoms with van der Waals surface area (Å²) in [5, 5.41) is 11.4. The fraction of sp³-hybridized carbons (Fsp3) is 0.833. The van der Waals surface area contributed by atoms with Crippen LogP contribution in [0.15, 0.2) is 0 Å². The molecule has 11 heavy (non-hydrogen) atoms. The molecule has 0 amide bonds. The minimum absolute atomic E-state index is 0.337. The quantitative estimate of drug-likeness (QED) is 0.422. The van der Waals surface area contributed by atoms with Crippen LogP contribution in [-0.2, 0) is 4.79 Å². The van der Waals surface area contributed by atoms with Crippen LogP contribution in [0.25, 0.3) is 0 Å². The second-order valence-electron chi connectivity index (χ2n) is 2.02. The average molecular weight is 195 g/mol. The van der Waals surface area contributed by atoms with Gasteiger partial charge in [-0.2, -0.15) is 24.4 Å². The highest BCUT2D eigenvalue weighted by Crippen LogP contribution is 1.91. The molecule has 0 heterocycles. The molecule has 0 aromatic heterocycles. The van der Waals surface area contributed by atoms with Gasteiger partial charge in [-0.1, -0.05) is 0 Å². The Balaban J connectivity index is 3.44. The number of hydrogen-bond donors (Lipinski definition) is 3. The first-order chi connectivity index (χ1) is 5.22. The summed E-state index contributed by atoms with van der Waals surface area (Å²) in [6, 6.07) is -0.509. The predicted octanol–water partition coefficient (Wildman–Crippen LogP) is 0.322. The van der Waals surface area contributed by atoms with Crippen LogP contribution >= 0.6 is 24.4 Å². The summed E-state index contributed by atoms with van der Waals surface area (Å²) in [5.74, 6) is 0.433. The van der Waals surface area contributed by atoms with Gasteiger partial charge in [-0.05, 0) is 6.26 Å². The molecule has 3 nitrogen and oxygen atoms in total. The molecule has 1 atom stereocenters. The van der Waals surface area contributed by atoms with Crippen molar-refractivity contribution in [1.82, 2.24) is 5.32 Å². The maximum Gasteiger partial charge on any atom is 0.321 e. The Morgan fingerprint density at radius 3 is 2.82 bits per heavy atom. The molecule has 0 bridgehead atoms. The van der Waals surface area contributed by atoms with Gasteiger partial charge in [-0.25, -0.2) is 0 Å². The SMILES string of the molecule is CSCCNC(CS)C(=O)O. The van der Waals surface area contributed by atoms with Crippen LogP contribution in [0.3, 0.4) is 0 Å². The summed E-state index contributed by atoms with van der Waals surface area (Å²) < 4.78 is 0. The number of hydrogen-bond acceptors (Lipinski definition) is 4. The van der Waals surface area contributed by atoms with Gasteiger partial charge in [0.2, 0.25) is 0 Å². The van der Waals surface area contributed by atoms with Crippen molar-refractivity contribution in [2.24, 2.45) is 0 Å². The Morgan fingerprint density at radius 1 is 1.82 bits per heavy atom. The minimum Gasteiger partial charge on any atom is -0.480 e. The second kappa shape index (κ2) is 6.82. The normalized spacial score (nSPS) is 12.9. The molecule has 0 fully saturated rings. The molecule has 0 saturated carbocycles. The van der Waals surface area contributed by atoms with Crippen molar-refractivity contribution in [3.05, 3.63) is 0 Å². The fourth-order valence-electron chi connectivity index (χ4n) is 0.565. The van der Waals surface area contributed by atoms with Crippen molar-refractivity contribution >= 4 is 30.4 Å². The monoisotopic (exact) mass is 195 g/mol. The zero-order valence-electron chi connectivity index (χ0n) is 6.41. The van der Waals surface area contributed by atoms with E-state index in [0.717, 1.165) is 12.3 Å². The van der Waals surface area contributed by atoms with E-state index in [-0.39, 0.29) is 0 Å². The van der Waals surface area contributed by atoms with Crippen LogP contribution in [-0.4, -0.2) is 41.4 Å². The Labute approximate surface area is 76.3 Å². The highest BCUT2D eigenvalue weighted by Gasteiger charge is 2.12. The zero-order chi connectivity index (χ0) is 8.69. The lowest BCUT2D eigenvalue weighted by Crippen LogP contribution is -2.39. The maximum absolute atomic E-state index is 10.4. The minimum atomic E-state index is -0.832. The third kappa shape index (κ3) is 5.41. The number of aliphatic carboxylic acids is 1. The molecule has 0 rings (SSSR count).